The minimum atomic E-state index is -1.24. The standard InChI is InChI=1S/C25H29NO3/c1-18-10-4-7-13-21(18)24(26)25(27,16-19-11-5-8-14-22(19)28-2)17-20-12-6-9-15-23(20)29-3/h4-15,24,27H,16-17,26H2,1-3H3/t24-/m1/s1. The molecule has 0 heterocycles. The first-order valence-electron chi connectivity index (χ1n) is 9.76. The van der Waals surface area contributed by atoms with Crippen molar-refractivity contribution in [3.05, 3.63) is 95.1 Å². The van der Waals surface area contributed by atoms with E-state index in [1.165, 1.54) is 0 Å². The summed E-state index contributed by atoms with van der Waals surface area (Å²) < 4.78 is 11.0. The Kier molecular flexibility index (Phi) is 6.57. The van der Waals surface area contributed by atoms with Crippen LogP contribution in [0.15, 0.2) is 72.8 Å². The first-order chi connectivity index (χ1) is 14.0. The van der Waals surface area contributed by atoms with Gasteiger partial charge in [-0.15, -0.1) is 0 Å². The highest BCUT2D eigenvalue weighted by atomic mass is 16.5. The summed E-state index contributed by atoms with van der Waals surface area (Å²) in [4.78, 5) is 0. The lowest BCUT2D eigenvalue weighted by Crippen LogP contribution is -2.45. The Hall–Kier alpha value is -2.82. The maximum absolute atomic E-state index is 12.0. The first kappa shape index (κ1) is 20.9. The van der Waals surface area contributed by atoms with Gasteiger partial charge in [-0.1, -0.05) is 60.7 Å². The van der Waals surface area contributed by atoms with Crippen molar-refractivity contribution >= 4 is 0 Å². The average Bonchev–Trinajstić information content (AvgIpc) is 2.74. The number of hydrogen-bond donors (Lipinski definition) is 2. The lowest BCUT2D eigenvalue weighted by Gasteiger charge is -2.36. The van der Waals surface area contributed by atoms with Crippen LogP contribution in [0, 0.1) is 6.92 Å². The summed E-state index contributed by atoms with van der Waals surface area (Å²) in [5, 5.41) is 12.0. The minimum absolute atomic E-state index is 0.352. The van der Waals surface area contributed by atoms with Crippen molar-refractivity contribution in [1.29, 1.82) is 0 Å². The van der Waals surface area contributed by atoms with Crippen molar-refractivity contribution in [3.8, 4) is 11.5 Å². The summed E-state index contributed by atoms with van der Waals surface area (Å²) in [6, 6.07) is 22.8. The molecular weight excluding hydrogens is 362 g/mol. The molecule has 4 heteroatoms. The van der Waals surface area contributed by atoms with Gasteiger partial charge in [0.25, 0.3) is 0 Å². The molecule has 0 saturated heterocycles. The number of benzene rings is 3. The van der Waals surface area contributed by atoms with Crippen LogP contribution in [0.25, 0.3) is 0 Å². The molecular formula is C25H29NO3. The van der Waals surface area contributed by atoms with E-state index >= 15 is 0 Å². The Bertz CT molecular complexity index is 905. The number of hydrogen-bond acceptors (Lipinski definition) is 4. The van der Waals surface area contributed by atoms with Gasteiger partial charge in [-0.3, -0.25) is 0 Å². The molecule has 3 rings (SSSR count). The quantitative estimate of drug-likeness (QED) is 0.603. The predicted molar refractivity (Wildman–Crippen MR) is 116 cm³/mol. The van der Waals surface area contributed by atoms with E-state index in [4.69, 9.17) is 15.2 Å². The second kappa shape index (κ2) is 9.12. The van der Waals surface area contributed by atoms with Gasteiger partial charge < -0.3 is 20.3 Å². The van der Waals surface area contributed by atoms with Crippen LogP contribution in [0.5, 0.6) is 11.5 Å². The van der Waals surface area contributed by atoms with E-state index in [0.29, 0.717) is 12.8 Å². The van der Waals surface area contributed by atoms with Gasteiger partial charge in [0.15, 0.2) is 0 Å². The molecule has 0 saturated carbocycles. The molecule has 0 aromatic heterocycles. The van der Waals surface area contributed by atoms with E-state index in [1.54, 1.807) is 14.2 Å². The Morgan fingerprint density at radius 1 is 0.793 bits per heavy atom. The maximum Gasteiger partial charge on any atom is 0.122 e. The van der Waals surface area contributed by atoms with Crippen molar-refractivity contribution in [2.45, 2.75) is 31.4 Å². The third-order valence-electron chi connectivity index (χ3n) is 5.48. The molecule has 29 heavy (non-hydrogen) atoms. The van der Waals surface area contributed by atoms with Crippen LogP contribution >= 0.6 is 0 Å². The van der Waals surface area contributed by atoms with Gasteiger partial charge in [0.05, 0.1) is 25.9 Å². The smallest absolute Gasteiger partial charge is 0.122 e. The number of methoxy groups -OCH3 is 2. The van der Waals surface area contributed by atoms with Gasteiger partial charge in [-0.2, -0.15) is 0 Å². The van der Waals surface area contributed by atoms with E-state index in [-0.39, 0.29) is 0 Å². The van der Waals surface area contributed by atoms with E-state index in [0.717, 1.165) is 33.8 Å². The fraction of sp³-hybridized carbons (Fsp3) is 0.280. The van der Waals surface area contributed by atoms with E-state index in [1.807, 2.05) is 79.7 Å². The molecule has 0 fully saturated rings. The number of aryl methyl sites for hydroxylation is 1. The van der Waals surface area contributed by atoms with Crippen molar-refractivity contribution in [1.82, 2.24) is 0 Å². The summed E-state index contributed by atoms with van der Waals surface area (Å²) in [6.07, 6.45) is 0.703. The monoisotopic (exact) mass is 391 g/mol. The molecule has 3 aromatic carbocycles. The molecule has 1 atom stereocenters. The summed E-state index contributed by atoms with van der Waals surface area (Å²) in [7, 11) is 3.28. The van der Waals surface area contributed by atoms with E-state index in [2.05, 4.69) is 0 Å². The zero-order chi connectivity index (χ0) is 20.9. The van der Waals surface area contributed by atoms with Crippen LogP contribution in [0.3, 0.4) is 0 Å². The molecule has 0 spiro atoms. The predicted octanol–water partition coefficient (Wildman–Crippen LogP) is 4.23. The zero-order valence-electron chi connectivity index (χ0n) is 17.3. The summed E-state index contributed by atoms with van der Waals surface area (Å²) in [6.45, 7) is 2.02. The van der Waals surface area contributed by atoms with Gasteiger partial charge in [0, 0.05) is 12.8 Å². The number of para-hydroxylation sites is 2. The van der Waals surface area contributed by atoms with Crippen molar-refractivity contribution in [2.24, 2.45) is 5.73 Å². The third kappa shape index (κ3) is 4.61. The molecule has 0 aliphatic heterocycles. The van der Waals surface area contributed by atoms with Crippen LogP contribution in [-0.4, -0.2) is 24.9 Å². The second-order valence-corrected chi connectivity index (χ2v) is 7.42. The molecule has 4 nitrogen and oxygen atoms in total. The third-order valence-corrected chi connectivity index (χ3v) is 5.48. The summed E-state index contributed by atoms with van der Waals surface area (Å²) >= 11 is 0. The van der Waals surface area contributed by atoms with E-state index in [9.17, 15) is 5.11 Å². The number of rotatable bonds is 8. The molecule has 3 N–H and O–H groups in total. The molecule has 0 aliphatic carbocycles. The largest absolute Gasteiger partial charge is 0.496 e. The first-order valence-corrected chi connectivity index (χ1v) is 9.76. The van der Waals surface area contributed by atoms with Crippen LogP contribution in [-0.2, 0) is 12.8 Å². The van der Waals surface area contributed by atoms with Crippen LogP contribution < -0.4 is 15.2 Å². The zero-order valence-corrected chi connectivity index (χ0v) is 17.3. The van der Waals surface area contributed by atoms with Crippen molar-refractivity contribution < 1.29 is 14.6 Å². The van der Waals surface area contributed by atoms with Gasteiger partial charge in [0.2, 0.25) is 0 Å². The Morgan fingerprint density at radius 2 is 1.24 bits per heavy atom. The van der Waals surface area contributed by atoms with Gasteiger partial charge in [0.1, 0.15) is 11.5 Å². The van der Waals surface area contributed by atoms with Crippen LogP contribution in [0.2, 0.25) is 0 Å². The van der Waals surface area contributed by atoms with Crippen molar-refractivity contribution in [2.75, 3.05) is 14.2 Å². The van der Waals surface area contributed by atoms with E-state index < -0.39 is 11.6 Å². The highest BCUT2D eigenvalue weighted by molar-refractivity contribution is 5.40. The normalized spacial score (nSPS) is 12.4. The highest BCUT2D eigenvalue weighted by Gasteiger charge is 2.38. The fourth-order valence-corrected chi connectivity index (χ4v) is 3.87. The molecule has 0 amide bonds. The van der Waals surface area contributed by atoms with Crippen molar-refractivity contribution in [3.63, 3.8) is 0 Å². The topological polar surface area (TPSA) is 64.7 Å². The SMILES string of the molecule is COc1ccccc1CC(O)(Cc1ccccc1OC)[C@H](N)c1ccccc1C. The minimum Gasteiger partial charge on any atom is -0.496 e. The Balaban J connectivity index is 2.06. The molecule has 0 bridgehead atoms. The molecule has 0 radical (unpaired) electrons. The second-order valence-electron chi connectivity index (χ2n) is 7.42. The van der Waals surface area contributed by atoms with Gasteiger partial charge >= 0.3 is 0 Å². The average molecular weight is 392 g/mol. The lowest BCUT2D eigenvalue weighted by atomic mass is 9.78. The van der Waals surface area contributed by atoms with Gasteiger partial charge in [-0.25, -0.2) is 0 Å². The van der Waals surface area contributed by atoms with Crippen LogP contribution in [0.1, 0.15) is 28.3 Å². The Labute approximate surface area is 172 Å². The molecule has 0 unspecified atom stereocenters. The molecule has 3 aromatic rings. The number of ether oxygens (including phenoxy) is 2. The maximum atomic E-state index is 12.0. The van der Waals surface area contributed by atoms with Crippen LogP contribution in [0.4, 0.5) is 0 Å². The fourth-order valence-electron chi connectivity index (χ4n) is 3.87. The van der Waals surface area contributed by atoms with Gasteiger partial charge in [-0.05, 0) is 41.3 Å². The summed E-state index contributed by atoms with van der Waals surface area (Å²) in [5.41, 5.74) is 9.29. The number of nitrogens with two attached hydrogens (primary N) is 1. The lowest BCUT2D eigenvalue weighted by molar-refractivity contribution is 0.0125. The summed E-state index contributed by atoms with van der Waals surface area (Å²) in [5.74, 6) is 1.48. The molecule has 0 aliphatic rings. The Morgan fingerprint density at radius 3 is 1.72 bits per heavy atom. The number of aliphatic hydroxyl groups is 1. The molecule has 152 valence electrons. The highest BCUT2D eigenvalue weighted by Crippen LogP contribution is 2.36.